The van der Waals surface area contributed by atoms with Gasteiger partial charge in [-0.3, -0.25) is 0 Å². The molecule has 0 saturated carbocycles. The summed E-state index contributed by atoms with van der Waals surface area (Å²) >= 11 is 3.09. The van der Waals surface area contributed by atoms with Gasteiger partial charge in [0.2, 0.25) is 0 Å². The highest BCUT2D eigenvalue weighted by Gasteiger charge is 2.23. The van der Waals surface area contributed by atoms with E-state index in [2.05, 4.69) is 29.4 Å². The molecule has 0 aromatic carbocycles. The molecular weight excluding hydrogens is 324 g/mol. The van der Waals surface area contributed by atoms with Gasteiger partial charge < -0.3 is 5.32 Å². The quantitative estimate of drug-likeness (QED) is 0.836. The van der Waals surface area contributed by atoms with Gasteiger partial charge in [0.15, 0.2) is 0 Å². The van der Waals surface area contributed by atoms with Gasteiger partial charge in [0.05, 0.1) is 5.56 Å². The Morgan fingerprint density at radius 3 is 2.96 bits per heavy atom. The van der Waals surface area contributed by atoms with Gasteiger partial charge in [-0.05, 0) is 37.7 Å². The zero-order valence-electron chi connectivity index (χ0n) is 13.0. The van der Waals surface area contributed by atoms with Crippen LogP contribution >= 0.6 is 22.7 Å². The molecule has 1 unspecified atom stereocenters. The van der Waals surface area contributed by atoms with E-state index in [0.29, 0.717) is 16.5 Å². The number of fused-ring (bicyclic) bond motifs is 1. The van der Waals surface area contributed by atoms with Crippen LogP contribution in [-0.2, 0) is 12.8 Å². The van der Waals surface area contributed by atoms with Crippen molar-refractivity contribution in [3.05, 3.63) is 38.3 Å². The third-order valence-corrected chi connectivity index (χ3v) is 6.12. The number of nitrogens with zero attached hydrogens (tertiary/aromatic N) is 3. The highest BCUT2D eigenvalue weighted by atomic mass is 32.1. The number of thiazole rings is 1. The summed E-state index contributed by atoms with van der Waals surface area (Å²) in [5.74, 6) is 0.670. The molecule has 0 aliphatic heterocycles. The summed E-state index contributed by atoms with van der Waals surface area (Å²) in [6.07, 6.45) is 4.81. The Labute approximate surface area is 143 Å². The summed E-state index contributed by atoms with van der Waals surface area (Å²) in [6.45, 7) is 4.16. The number of rotatable bonds is 3. The van der Waals surface area contributed by atoms with Gasteiger partial charge in [0.25, 0.3) is 0 Å². The number of hydrogen-bond donors (Lipinski definition) is 1. The summed E-state index contributed by atoms with van der Waals surface area (Å²) in [5.41, 5.74) is 3.33. The average Bonchev–Trinajstić information content (AvgIpc) is 3.10. The second-order valence-corrected chi connectivity index (χ2v) is 7.74. The Morgan fingerprint density at radius 2 is 2.30 bits per heavy atom. The van der Waals surface area contributed by atoms with Crippen LogP contribution < -0.4 is 5.32 Å². The van der Waals surface area contributed by atoms with E-state index in [1.54, 1.807) is 17.5 Å². The second-order valence-electron chi connectivity index (χ2n) is 5.78. The van der Waals surface area contributed by atoms with Gasteiger partial charge in [-0.1, -0.05) is 6.92 Å². The molecule has 23 heavy (non-hydrogen) atoms. The first kappa shape index (κ1) is 15.7. The molecule has 0 bridgehead atoms. The summed E-state index contributed by atoms with van der Waals surface area (Å²) in [7, 11) is 0. The van der Waals surface area contributed by atoms with Gasteiger partial charge in [-0.25, -0.2) is 4.98 Å². The Bertz CT molecular complexity index is 845. The van der Waals surface area contributed by atoms with Crippen molar-refractivity contribution >= 4 is 33.2 Å². The minimum atomic E-state index is 0.492. The molecule has 2 heterocycles. The topological polar surface area (TPSA) is 72.5 Å². The van der Waals surface area contributed by atoms with Crippen LogP contribution in [0.1, 0.15) is 40.1 Å². The number of aryl methyl sites for hydroxylation is 1. The van der Waals surface area contributed by atoms with E-state index in [-0.39, 0.29) is 0 Å². The predicted molar refractivity (Wildman–Crippen MR) is 94.3 cm³/mol. The van der Waals surface area contributed by atoms with Crippen molar-refractivity contribution < 1.29 is 0 Å². The van der Waals surface area contributed by atoms with E-state index in [1.165, 1.54) is 21.8 Å². The predicted octanol–water partition coefficient (Wildman–Crippen LogP) is 4.49. The molecule has 0 spiro atoms. The maximum absolute atomic E-state index is 9.49. The fourth-order valence-corrected chi connectivity index (χ4v) is 4.82. The first-order valence-electron chi connectivity index (χ1n) is 7.46. The van der Waals surface area contributed by atoms with E-state index in [1.807, 2.05) is 12.3 Å². The molecule has 6 heteroatoms. The molecule has 1 N–H and O–H groups in total. The van der Waals surface area contributed by atoms with E-state index >= 15 is 0 Å². The largest absolute Gasteiger partial charge is 0.351 e. The van der Waals surface area contributed by atoms with E-state index in [9.17, 15) is 10.5 Å². The van der Waals surface area contributed by atoms with Crippen LogP contribution in [0.3, 0.4) is 0 Å². The fourth-order valence-electron chi connectivity index (χ4n) is 2.73. The molecule has 0 radical (unpaired) electrons. The molecule has 2 aromatic rings. The zero-order valence-corrected chi connectivity index (χ0v) is 14.6. The Hall–Kier alpha value is -2.15. The van der Waals surface area contributed by atoms with Crippen LogP contribution in [-0.4, -0.2) is 4.98 Å². The molecule has 1 aliphatic rings. The van der Waals surface area contributed by atoms with Gasteiger partial charge >= 0.3 is 0 Å². The third-order valence-electron chi connectivity index (χ3n) is 3.94. The molecule has 0 saturated heterocycles. The van der Waals surface area contributed by atoms with Crippen molar-refractivity contribution in [3.8, 4) is 12.1 Å². The molecule has 1 atom stereocenters. The van der Waals surface area contributed by atoms with Gasteiger partial charge in [0, 0.05) is 22.2 Å². The third kappa shape index (κ3) is 3.14. The molecule has 116 valence electrons. The number of thiophene rings is 1. The van der Waals surface area contributed by atoms with E-state index < -0.39 is 0 Å². The monoisotopic (exact) mass is 340 g/mol. The van der Waals surface area contributed by atoms with E-state index in [0.717, 1.165) is 35.5 Å². The average molecular weight is 340 g/mol. The Balaban J connectivity index is 1.90. The molecule has 0 amide bonds. The van der Waals surface area contributed by atoms with Crippen molar-refractivity contribution in [1.82, 2.24) is 4.98 Å². The van der Waals surface area contributed by atoms with Crippen molar-refractivity contribution in [2.75, 3.05) is 5.32 Å². The lowest BCUT2D eigenvalue weighted by Crippen LogP contribution is -2.09. The summed E-state index contributed by atoms with van der Waals surface area (Å²) < 4.78 is 0. The van der Waals surface area contributed by atoms with E-state index in [4.69, 9.17) is 0 Å². The Morgan fingerprint density at radius 1 is 1.48 bits per heavy atom. The van der Waals surface area contributed by atoms with Gasteiger partial charge in [0.1, 0.15) is 27.7 Å². The van der Waals surface area contributed by atoms with Crippen LogP contribution in [0, 0.1) is 35.5 Å². The lowest BCUT2D eigenvalue weighted by molar-refractivity contribution is 0.507. The maximum Gasteiger partial charge on any atom is 0.135 e. The second kappa shape index (κ2) is 6.54. The summed E-state index contributed by atoms with van der Waals surface area (Å²) in [4.78, 5) is 5.64. The zero-order chi connectivity index (χ0) is 16.4. The van der Waals surface area contributed by atoms with Gasteiger partial charge in [-0.2, -0.15) is 10.5 Å². The van der Waals surface area contributed by atoms with Crippen LogP contribution in [0.2, 0.25) is 0 Å². The standard InChI is InChI=1S/C17H16N4S2/c1-10-3-4-13-14(7-19)17(23-15(13)5-10)20-8-12(6-18)16-21-11(2)9-22-16/h8-10,20H,3-5H2,1-2H3/b12-8-. The minimum absolute atomic E-state index is 0.492. The normalized spacial score (nSPS) is 17.2. The summed E-state index contributed by atoms with van der Waals surface area (Å²) in [5, 5.41) is 25.5. The fraction of sp³-hybridized carbons (Fsp3) is 0.353. The number of hydrogen-bond acceptors (Lipinski definition) is 6. The van der Waals surface area contributed by atoms with Crippen LogP contribution in [0.5, 0.6) is 0 Å². The van der Waals surface area contributed by atoms with Crippen LogP contribution in [0.25, 0.3) is 5.57 Å². The lowest BCUT2D eigenvalue weighted by Gasteiger charge is -2.17. The van der Waals surface area contributed by atoms with Gasteiger partial charge in [-0.15, -0.1) is 22.7 Å². The Kier molecular flexibility index (Phi) is 4.47. The molecule has 4 nitrogen and oxygen atoms in total. The first-order chi connectivity index (χ1) is 11.1. The first-order valence-corrected chi connectivity index (χ1v) is 9.16. The molecular formula is C17H16N4S2. The number of allylic oxidation sites excluding steroid dienone is 1. The van der Waals surface area contributed by atoms with Crippen molar-refractivity contribution in [3.63, 3.8) is 0 Å². The number of aromatic nitrogens is 1. The number of anilines is 1. The minimum Gasteiger partial charge on any atom is -0.351 e. The SMILES string of the molecule is Cc1csc(/C(C#N)=C\Nc2sc3c(c2C#N)CCC(C)C3)n1. The number of nitriles is 2. The summed E-state index contributed by atoms with van der Waals surface area (Å²) in [6, 6.07) is 4.50. The number of nitrogens with one attached hydrogen (secondary N) is 1. The smallest absolute Gasteiger partial charge is 0.135 e. The van der Waals surface area contributed by atoms with Crippen molar-refractivity contribution in [2.45, 2.75) is 33.1 Å². The molecule has 1 aliphatic carbocycles. The highest BCUT2D eigenvalue weighted by molar-refractivity contribution is 7.16. The van der Waals surface area contributed by atoms with Crippen molar-refractivity contribution in [1.29, 1.82) is 10.5 Å². The van der Waals surface area contributed by atoms with Crippen LogP contribution in [0.4, 0.5) is 5.00 Å². The molecule has 2 aromatic heterocycles. The van der Waals surface area contributed by atoms with Crippen molar-refractivity contribution in [2.24, 2.45) is 5.92 Å². The highest BCUT2D eigenvalue weighted by Crippen LogP contribution is 2.39. The maximum atomic E-state index is 9.49. The van der Waals surface area contributed by atoms with Crippen LogP contribution in [0.15, 0.2) is 11.6 Å². The lowest BCUT2D eigenvalue weighted by atomic mass is 9.89. The molecule has 0 fully saturated rings. The molecule has 3 rings (SSSR count).